The highest BCUT2D eigenvalue weighted by Crippen LogP contribution is 2.22. The molecule has 0 heterocycles. The largest absolute Gasteiger partial charge is 0.466 e. The van der Waals surface area contributed by atoms with Crippen molar-refractivity contribution in [1.82, 2.24) is 0 Å². The third-order valence-electron chi connectivity index (χ3n) is 2.47. The molecule has 0 spiro atoms. The van der Waals surface area contributed by atoms with E-state index in [9.17, 15) is 4.79 Å². The number of halogens is 1. The second-order valence-electron chi connectivity index (χ2n) is 3.71. The molecule has 0 aliphatic carbocycles. The van der Waals surface area contributed by atoms with Crippen LogP contribution < -0.4 is 5.32 Å². The van der Waals surface area contributed by atoms with Crippen LogP contribution in [0, 0.1) is 0 Å². The average Bonchev–Trinajstić information content (AvgIpc) is 2.38. The van der Waals surface area contributed by atoms with Gasteiger partial charge in [0.25, 0.3) is 0 Å². The molecule has 3 nitrogen and oxygen atoms in total. The number of benzene rings is 2. The fourth-order valence-electron chi connectivity index (χ4n) is 1.58. The van der Waals surface area contributed by atoms with Crippen molar-refractivity contribution in [3.8, 4) is 0 Å². The van der Waals surface area contributed by atoms with Gasteiger partial charge in [0.15, 0.2) is 0 Å². The van der Waals surface area contributed by atoms with Crippen LogP contribution in [0.5, 0.6) is 0 Å². The van der Waals surface area contributed by atoms with E-state index >= 15 is 0 Å². The third kappa shape index (κ3) is 3.11. The van der Waals surface area contributed by atoms with Crippen molar-refractivity contribution in [2.45, 2.75) is 0 Å². The Morgan fingerprint density at radius 2 is 1.94 bits per heavy atom. The Morgan fingerprint density at radius 3 is 2.72 bits per heavy atom. The number of rotatable bonds is 3. The zero-order chi connectivity index (χ0) is 13.0. The Labute approximate surface area is 114 Å². The molecule has 0 aliphatic heterocycles. The predicted molar refractivity (Wildman–Crippen MR) is 76.4 cm³/mol. The van der Waals surface area contributed by atoms with Gasteiger partial charge in [-0.15, -0.1) is 0 Å². The molecule has 0 saturated carbocycles. The smallest absolute Gasteiger partial charge is 0.331 e. The molecule has 92 valence electrons. The van der Waals surface area contributed by atoms with E-state index in [-0.39, 0.29) is 5.97 Å². The normalized spacial score (nSPS) is 10.8. The molecule has 2 aromatic rings. The summed E-state index contributed by atoms with van der Waals surface area (Å²) in [5, 5.41) is 5.32. The Kier molecular flexibility index (Phi) is 3.99. The Balaban J connectivity index is 2.18. The summed E-state index contributed by atoms with van der Waals surface area (Å²) < 4.78 is 5.56. The summed E-state index contributed by atoms with van der Waals surface area (Å²) in [7, 11) is 1.35. The number of methoxy groups -OCH3 is 1. The maximum absolute atomic E-state index is 10.9. The number of fused-ring (bicyclic) bond motifs is 1. The van der Waals surface area contributed by atoms with E-state index in [0.717, 1.165) is 20.9 Å². The van der Waals surface area contributed by atoms with Gasteiger partial charge in [0.2, 0.25) is 0 Å². The molecular weight excluding hydrogens is 294 g/mol. The Hall–Kier alpha value is -1.81. The second kappa shape index (κ2) is 5.69. The molecular formula is C14H12BrNO2. The molecule has 0 aliphatic rings. The van der Waals surface area contributed by atoms with Crippen LogP contribution in [0.4, 0.5) is 5.69 Å². The lowest BCUT2D eigenvalue weighted by Gasteiger charge is -2.03. The maximum atomic E-state index is 10.9. The third-order valence-corrected chi connectivity index (χ3v) is 2.97. The molecule has 4 heteroatoms. The molecule has 18 heavy (non-hydrogen) atoms. The SMILES string of the molecule is COC(=O)/C=C/Nc1ccc2cc(Br)ccc2c1. The van der Waals surface area contributed by atoms with Crippen LogP contribution in [0.25, 0.3) is 10.8 Å². The van der Waals surface area contributed by atoms with Crippen molar-refractivity contribution in [2.75, 3.05) is 12.4 Å². The van der Waals surface area contributed by atoms with Gasteiger partial charge >= 0.3 is 5.97 Å². The number of carbonyl (C=O) groups excluding carboxylic acids is 1. The minimum Gasteiger partial charge on any atom is -0.466 e. The van der Waals surface area contributed by atoms with Gasteiger partial charge in [0.05, 0.1) is 7.11 Å². The molecule has 0 saturated heterocycles. The van der Waals surface area contributed by atoms with Crippen molar-refractivity contribution in [3.05, 3.63) is 53.1 Å². The Bertz CT molecular complexity index is 608. The van der Waals surface area contributed by atoms with Crippen LogP contribution >= 0.6 is 15.9 Å². The summed E-state index contributed by atoms with van der Waals surface area (Å²) in [5.41, 5.74) is 0.921. The minimum absolute atomic E-state index is 0.382. The van der Waals surface area contributed by atoms with E-state index in [1.807, 2.05) is 30.3 Å². The molecule has 2 aromatic carbocycles. The lowest BCUT2D eigenvalue weighted by molar-refractivity contribution is -0.134. The van der Waals surface area contributed by atoms with Gasteiger partial charge in [0, 0.05) is 22.4 Å². The highest BCUT2D eigenvalue weighted by atomic mass is 79.9. The number of carbonyl (C=O) groups is 1. The molecule has 0 aromatic heterocycles. The molecule has 2 rings (SSSR count). The van der Waals surface area contributed by atoms with E-state index in [0.29, 0.717) is 0 Å². The number of anilines is 1. The van der Waals surface area contributed by atoms with E-state index in [1.54, 1.807) is 6.20 Å². The van der Waals surface area contributed by atoms with Gasteiger partial charge in [-0.2, -0.15) is 0 Å². The van der Waals surface area contributed by atoms with Crippen LogP contribution in [0.15, 0.2) is 53.1 Å². The van der Waals surface area contributed by atoms with Crippen LogP contribution in [0.1, 0.15) is 0 Å². The maximum Gasteiger partial charge on any atom is 0.331 e. The summed E-state index contributed by atoms with van der Waals surface area (Å²) in [6.45, 7) is 0. The summed E-state index contributed by atoms with van der Waals surface area (Å²) in [4.78, 5) is 10.9. The van der Waals surface area contributed by atoms with Gasteiger partial charge in [-0.05, 0) is 35.0 Å². The van der Waals surface area contributed by atoms with E-state index in [1.165, 1.54) is 13.2 Å². The van der Waals surface area contributed by atoms with Crippen molar-refractivity contribution >= 4 is 38.4 Å². The lowest BCUT2D eigenvalue weighted by Crippen LogP contribution is -1.96. The topological polar surface area (TPSA) is 38.3 Å². The summed E-state index contributed by atoms with van der Waals surface area (Å²) >= 11 is 3.44. The van der Waals surface area contributed by atoms with Crippen LogP contribution in [0.3, 0.4) is 0 Å². The van der Waals surface area contributed by atoms with Gasteiger partial charge in [-0.3, -0.25) is 0 Å². The quantitative estimate of drug-likeness (QED) is 0.694. The van der Waals surface area contributed by atoms with Gasteiger partial charge in [-0.25, -0.2) is 4.79 Å². The molecule has 0 atom stereocenters. The van der Waals surface area contributed by atoms with Crippen LogP contribution in [-0.4, -0.2) is 13.1 Å². The standard InChI is InChI=1S/C14H12BrNO2/c1-18-14(17)6-7-16-13-5-3-10-8-12(15)4-2-11(10)9-13/h2-9,16H,1H3/b7-6+. The minimum atomic E-state index is -0.382. The molecule has 0 unspecified atom stereocenters. The monoisotopic (exact) mass is 305 g/mol. The number of nitrogens with one attached hydrogen (secondary N) is 1. The average molecular weight is 306 g/mol. The molecule has 0 bridgehead atoms. The van der Waals surface area contributed by atoms with Crippen LogP contribution in [-0.2, 0) is 9.53 Å². The first-order valence-corrected chi connectivity index (χ1v) is 6.19. The van der Waals surface area contributed by atoms with Gasteiger partial charge in [-0.1, -0.05) is 28.1 Å². The fraction of sp³-hybridized carbons (Fsp3) is 0.0714. The van der Waals surface area contributed by atoms with Crippen molar-refractivity contribution in [1.29, 1.82) is 0 Å². The number of ether oxygens (including phenoxy) is 1. The Morgan fingerprint density at radius 1 is 1.22 bits per heavy atom. The second-order valence-corrected chi connectivity index (χ2v) is 4.62. The first kappa shape index (κ1) is 12.6. The number of esters is 1. The molecule has 0 fully saturated rings. The summed E-state index contributed by atoms with van der Waals surface area (Å²) in [5.74, 6) is -0.382. The molecule has 1 N–H and O–H groups in total. The molecule has 0 amide bonds. The highest BCUT2D eigenvalue weighted by Gasteiger charge is 1.96. The van der Waals surface area contributed by atoms with Gasteiger partial charge < -0.3 is 10.1 Å². The lowest BCUT2D eigenvalue weighted by atomic mass is 10.1. The van der Waals surface area contributed by atoms with E-state index in [4.69, 9.17) is 0 Å². The van der Waals surface area contributed by atoms with E-state index in [2.05, 4.69) is 32.0 Å². The number of hydrogen-bond acceptors (Lipinski definition) is 3. The fourth-order valence-corrected chi connectivity index (χ4v) is 1.96. The first-order chi connectivity index (χ1) is 8.69. The predicted octanol–water partition coefficient (Wildman–Crippen LogP) is 3.70. The van der Waals surface area contributed by atoms with Crippen LogP contribution in [0.2, 0.25) is 0 Å². The van der Waals surface area contributed by atoms with Gasteiger partial charge in [0.1, 0.15) is 0 Å². The van der Waals surface area contributed by atoms with E-state index < -0.39 is 0 Å². The molecule has 0 radical (unpaired) electrons. The highest BCUT2D eigenvalue weighted by molar-refractivity contribution is 9.10. The van der Waals surface area contributed by atoms with Crippen molar-refractivity contribution < 1.29 is 9.53 Å². The zero-order valence-corrected chi connectivity index (χ0v) is 11.4. The zero-order valence-electron chi connectivity index (χ0n) is 9.81. The van der Waals surface area contributed by atoms with Crippen molar-refractivity contribution in [2.24, 2.45) is 0 Å². The first-order valence-electron chi connectivity index (χ1n) is 5.39. The summed E-state index contributed by atoms with van der Waals surface area (Å²) in [6, 6.07) is 12.1. The summed E-state index contributed by atoms with van der Waals surface area (Å²) in [6.07, 6.45) is 2.90. The van der Waals surface area contributed by atoms with Crippen molar-refractivity contribution in [3.63, 3.8) is 0 Å². The number of hydrogen-bond donors (Lipinski definition) is 1.